The molecule has 4 rings (SSSR count). The molecule has 0 unspecified atom stereocenters. The van der Waals surface area contributed by atoms with Crippen molar-refractivity contribution in [1.29, 1.82) is 0 Å². The highest BCUT2D eigenvalue weighted by Crippen LogP contribution is 2.27. The van der Waals surface area contributed by atoms with E-state index in [-0.39, 0.29) is 35.6 Å². The molecule has 0 aliphatic carbocycles. The van der Waals surface area contributed by atoms with Gasteiger partial charge in [-0.1, -0.05) is 54.6 Å². The number of benzene rings is 3. The quantitative estimate of drug-likeness (QED) is 0.594. The smallest absolute Gasteiger partial charge is 0.405 e. The Kier molecular flexibility index (Phi) is 6.53. The Morgan fingerprint density at radius 3 is 2.36 bits per heavy atom. The second kappa shape index (κ2) is 9.52. The average molecular weight is 456 g/mol. The lowest BCUT2D eigenvalue weighted by Gasteiger charge is -2.31. The van der Waals surface area contributed by atoms with Crippen LogP contribution in [0.2, 0.25) is 0 Å². The number of piperidine rings is 1. The molecule has 0 saturated carbocycles. The number of alkyl halides is 3. The first-order chi connectivity index (χ1) is 15.8. The zero-order chi connectivity index (χ0) is 23.4. The number of nitrogens with one attached hydrogen (secondary N) is 1. The first-order valence-electron chi connectivity index (χ1n) is 10.7. The third-order valence-corrected chi connectivity index (χ3v) is 5.82. The Morgan fingerprint density at radius 1 is 0.939 bits per heavy atom. The van der Waals surface area contributed by atoms with Crippen molar-refractivity contribution in [3.05, 3.63) is 77.9 Å². The SMILES string of the molecule is O=C(NCc1ccccc1OC(F)(F)F)C1CCN(C(=O)c2cccc3ccccc23)CC1. The van der Waals surface area contributed by atoms with Gasteiger partial charge in [-0.3, -0.25) is 9.59 Å². The highest BCUT2D eigenvalue weighted by atomic mass is 19.4. The molecule has 3 aromatic rings. The Hall–Kier alpha value is -3.55. The van der Waals surface area contributed by atoms with Gasteiger partial charge < -0.3 is 15.0 Å². The lowest BCUT2D eigenvalue weighted by Crippen LogP contribution is -2.43. The topological polar surface area (TPSA) is 58.6 Å². The van der Waals surface area contributed by atoms with E-state index >= 15 is 0 Å². The fraction of sp³-hybridized carbons (Fsp3) is 0.280. The number of likely N-dealkylation sites (tertiary alicyclic amines) is 1. The summed E-state index contributed by atoms with van der Waals surface area (Å²) in [7, 11) is 0. The monoisotopic (exact) mass is 456 g/mol. The maximum atomic E-state index is 13.1. The number of carbonyl (C=O) groups is 2. The molecule has 0 spiro atoms. The molecular formula is C25H23F3N2O3. The van der Waals surface area contributed by atoms with Gasteiger partial charge in [-0.05, 0) is 35.7 Å². The van der Waals surface area contributed by atoms with E-state index in [9.17, 15) is 22.8 Å². The number of halogens is 3. The molecule has 1 N–H and O–H groups in total. The van der Waals surface area contributed by atoms with E-state index in [0.717, 1.165) is 10.8 Å². The molecule has 8 heteroatoms. The van der Waals surface area contributed by atoms with Crippen molar-refractivity contribution in [2.45, 2.75) is 25.7 Å². The van der Waals surface area contributed by atoms with E-state index < -0.39 is 6.36 Å². The minimum atomic E-state index is -4.80. The van der Waals surface area contributed by atoms with E-state index in [1.165, 1.54) is 18.2 Å². The van der Waals surface area contributed by atoms with Crippen LogP contribution in [0.15, 0.2) is 66.7 Å². The third-order valence-electron chi connectivity index (χ3n) is 5.82. The molecule has 0 radical (unpaired) electrons. The van der Waals surface area contributed by atoms with Gasteiger partial charge in [0.25, 0.3) is 5.91 Å². The van der Waals surface area contributed by atoms with Gasteiger partial charge in [0.2, 0.25) is 5.91 Å². The van der Waals surface area contributed by atoms with Gasteiger partial charge in [-0.2, -0.15) is 0 Å². The van der Waals surface area contributed by atoms with E-state index in [1.54, 1.807) is 11.0 Å². The summed E-state index contributed by atoms with van der Waals surface area (Å²) in [4.78, 5) is 27.4. The van der Waals surface area contributed by atoms with Crippen LogP contribution in [0.25, 0.3) is 10.8 Å². The molecule has 0 atom stereocenters. The summed E-state index contributed by atoms with van der Waals surface area (Å²) in [6.07, 6.45) is -3.82. The minimum absolute atomic E-state index is 0.0658. The van der Waals surface area contributed by atoms with Crippen LogP contribution < -0.4 is 10.1 Å². The molecular weight excluding hydrogens is 433 g/mol. The summed E-state index contributed by atoms with van der Waals surface area (Å²) in [5.41, 5.74) is 0.879. The number of hydrogen-bond acceptors (Lipinski definition) is 3. The number of ether oxygens (including phenoxy) is 1. The number of nitrogens with zero attached hydrogens (tertiary/aromatic N) is 1. The predicted molar refractivity (Wildman–Crippen MR) is 118 cm³/mol. The fourth-order valence-corrected chi connectivity index (χ4v) is 4.13. The van der Waals surface area contributed by atoms with E-state index in [4.69, 9.17) is 0 Å². The van der Waals surface area contributed by atoms with Gasteiger partial charge in [0.1, 0.15) is 5.75 Å². The van der Waals surface area contributed by atoms with Crippen LogP contribution in [0, 0.1) is 5.92 Å². The highest BCUT2D eigenvalue weighted by molar-refractivity contribution is 6.07. The Morgan fingerprint density at radius 2 is 1.61 bits per heavy atom. The summed E-state index contributed by atoms with van der Waals surface area (Å²) in [5, 5.41) is 4.59. The third kappa shape index (κ3) is 5.45. The number of hydrogen-bond donors (Lipinski definition) is 1. The summed E-state index contributed by atoms with van der Waals surface area (Å²) < 4.78 is 41.8. The van der Waals surface area contributed by atoms with E-state index in [1.807, 2.05) is 42.5 Å². The molecule has 1 saturated heterocycles. The van der Waals surface area contributed by atoms with E-state index in [2.05, 4.69) is 10.1 Å². The van der Waals surface area contributed by atoms with Crippen LogP contribution in [0.5, 0.6) is 5.75 Å². The Labute approximate surface area is 189 Å². The lowest BCUT2D eigenvalue weighted by atomic mass is 9.94. The molecule has 1 aliphatic rings. The second-order valence-electron chi connectivity index (χ2n) is 7.97. The lowest BCUT2D eigenvalue weighted by molar-refractivity contribution is -0.274. The molecule has 1 fully saturated rings. The summed E-state index contributed by atoms with van der Waals surface area (Å²) in [6.45, 7) is 0.808. The molecule has 33 heavy (non-hydrogen) atoms. The minimum Gasteiger partial charge on any atom is -0.405 e. The van der Waals surface area contributed by atoms with Crippen LogP contribution in [-0.2, 0) is 11.3 Å². The maximum Gasteiger partial charge on any atom is 0.573 e. The number of rotatable bonds is 5. The molecule has 2 amide bonds. The Balaban J connectivity index is 1.34. The van der Waals surface area contributed by atoms with Crippen LogP contribution in [0.1, 0.15) is 28.8 Å². The fourth-order valence-electron chi connectivity index (χ4n) is 4.13. The van der Waals surface area contributed by atoms with E-state index in [0.29, 0.717) is 31.5 Å². The first-order valence-corrected chi connectivity index (χ1v) is 10.7. The van der Waals surface area contributed by atoms with Crippen molar-refractivity contribution in [1.82, 2.24) is 10.2 Å². The average Bonchev–Trinajstić information content (AvgIpc) is 2.81. The standard InChI is InChI=1S/C25H23F3N2O3/c26-25(27,28)33-22-11-4-2-7-19(22)16-29-23(31)18-12-14-30(15-13-18)24(32)21-10-5-8-17-6-1-3-9-20(17)21/h1-11,18H,12-16H2,(H,29,31). The number of carbonyl (C=O) groups excluding carboxylic acids is 2. The zero-order valence-electron chi connectivity index (χ0n) is 17.8. The Bertz CT molecular complexity index is 1150. The van der Waals surface area contributed by atoms with Crippen molar-refractivity contribution in [3.63, 3.8) is 0 Å². The van der Waals surface area contributed by atoms with Gasteiger partial charge in [-0.25, -0.2) is 0 Å². The zero-order valence-corrected chi connectivity index (χ0v) is 17.8. The molecule has 1 heterocycles. The molecule has 0 bridgehead atoms. The summed E-state index contributed by atoms with van der Waals surface area (Å²) in [6, 6.07) is 19.0. The number of para-hydroxylation sites is 1. The number of amides is 2. The molecule has 172 valence electrons. The van der Waals surface area contributed by atoms with Crippen molar-refractivity contribution < 1.29 is 27.5 Å². The largest absolute Gasteiger partial charge is 0.573 e. The van der Waals surface area contributed by atoms with Gasteiger partial charge in [0.05, 0.1) is 0 Å². The van der Waals surface area contributed by atoms with Crippen LogP contribution in [-0.4, -0.2) is 36.2 Å². The summed E-state index contributed by atoms with van der Waals surface area (Å²) in [5.74, 6) is -0.948. The van der Waals surface area contributed by atoms with Crippen molar-refractivity contribution in [3.8, 4) is 5.75 Å². The first kappa shape index (κ1) is 22.6. The van der Waals surface area contributed by atoms with Crippen molar-refractivity contribution >= 4 is 22.6 Å². The number of fused-ring (bicyclic) bond motifs is 1. The normalized spacial score (nSPS) is 14.8. The molecule has 1 aliphatic heterocycles. The summed E-state index contributed by atoms with van der Waals surface area (Å²) >= 11 is 0. The highest BCUT2D eigenvalue weighted by Gasteiger charge is 2.32. The second-order valence-corrected chi connectivity index (χ2v) is 7.97. The molecule has 0 aromatic heterocycles. The van der Waals surface area contributed by atoms with Gasteiger partial charge in [-0.15, -0.1) is 13.2 Å². The van der Waals surface area contributed by atoms with Crippen molar-refractivity contribution in [2.24, 2.45) is 5.92 Å². The van der Waals surface area contributed by atoms with Gasteiger partial charge >= 0.3 is 6.36 Å². The van der Waals surface area contributed by atoms with Crippen molar-refractivity contribution in [2.75, 3.05) is 13.1 Å². The molecule has 3 aromatic carbocycles. The van der Waals surface area contributed by atoms with Gasteiger partial charge in [0.15, 0.2) is 0 Å². The maximum absolute atomic E-state index is 13.1. The van der Waals surface area contributed by atoms with Crippen LogP contribution in [0.4, 0.5) is 13.2 Å². The van der Waals surface area contributed by atoms with Crippen LogP contribution >= 0.6 is 0 Å². The van der Waals surface area contributed by atoms with Gasteiger partial charge in [0, 0.05) is 36.7 Å². The van der Waals surface area contributed by atoms with Crippen LogP contribution in [0.3, 0.4) is 0 Å². The predicted octanol–water partition coefficient (Wildman–Crippen LogP) is 4.91. The molecule has 5 nitrogen and oxygen atoms in total.